The molecule has 1 amide bonds. The summed E-state index contributed by atoms with van der Waals surface area (Å²) in [5.74, 6) is -1.15. The predicted molar refractivity (Wildman–Crippen MR) is 157 cm³/mol. The number of aromatic hydroxyl groups is 1. The van der Waals surface area contributed by atoms with Crippen LogP contribution in [0.15, 0.2) is 77.8 Å². The molecule has 1 aliphatic heterocycles. The SMILES string of the molecule is [2H]C([2H])([2H])OC(=O)c1ccc2c(C(=Nc3ccc(N(C)C(=O)CN4CCN(C)CC4)cc3)c3ccccc3)c(O)[nH]c2c1. The van der Waals surface area contributed by atoms with Gasteiger partial charge in [0.2, 0.25) is 5.91 Å². The minimum atomic E-state index is -2.87. The van der Waals surface area contributed by atoms with Crippen LogP contribution in [0.5, 0.6) is 5.88 Å². The number of nitrogens with zero attached hydrogens (tertiary/aromatic N) is 4. The maximum Gasteiger partial charge on any atom is 0.337 e. The average Bonchev–Trinajstić information content (AvgIpc) is 3.31. The van der Waals surface area contributed by atoms with E-state index in [4.69, 9.17) is 9.10 Å². The number of hydrogen-bond donors (Lipinski definition) is 2. The van der Waals surface area contributed by atoms with E-state index >= 15 is 0 Å². The third-order valence-electron chi connectivity index (χ3n) is 7.20. The highest BCUT2D eigenvalue weighted by molar-refractivity contribution is 6.22. The number of hydrogen-bond acceptors (Lipinski definition) is 7. The monoisotopic (exact) mass is 542 g/mol. The standard InChI is InChI=1S/C31H33N5O4/c1-34-15-17-36(18-16-34)20-27(37)35(2)24-12-10-23(11-13-24)32-29(21-7-5-4-6-8-21)28-25-14-9-22(31(39)40-3)19-26(25)33-30(28)38/h4-14,19,33,38H,15-18,20H2,1-3H3/i3D3. The summed E-state index contributed by atoms with van der Waals surface area (Å²) in [6.07, 6.45) is 0. The van der Waals surface area contributed by atoms with Gasteiger partial charge in [-0.2, -0.15) is 0 Å². The molecule has 0 atom stereocenters. The number of rotatable bonds is 7. The number of esters is 1. The second kappa shape index (κ2) is 11.7. The molecule has 9 nitrogen and oxygen atoms in total. The lowest BCUT2D eigenvalue weighted by atomic mass is 10.00. The fourth-order valence-electron chi connectivity index (χ4n) is 4.80. The van der Waals surface area contributed by atoms with Gasteiger partial charge in [-0.05, 0) is 43.4 Å². The number of fused-ring (bicyclic) bond motifs is 1. The van der Waals surface area contributed by atoms with Gasteiger partial charge in [0.1, 0.15) is 0 Å². The third kappa shape index (κ3) is 5.75. The number of carbonyl (C=O) groups excluding carboxylic acids is 2. The Morgan fingerprint density at radius 2 is 1.75 bits per heavy atom. The number of anilines is 1. The van der Waals surface area contributed by atoms with Gasteiger partial charge in [0.15, 0.2) is 5.88 Å². The maximum absolute atomic E-state index is 12.9. The second-order valence-corrected chi connectivity index (χ2v) is 9.87. The van der Waals surface area contributed by atoms with E-state index < -0.39 is 13.0 Å². The largest absolute Gasteiger partial charge is 0.494 e. The van der Waals surface area contributed by atoms with E-state index in [1.807, 2.05) is 54.6 Å². The van der Waals surface area contributed by atoms with E-state index in [0.717, 1.165) is 37.4 Å². The molecule has 3 aromatic carbocycles. The Labute approximate surface area is 237 Å². The van der Waals surface area contributed by atoms with Gasteiger partial charge < -0.3 is 24.6 Å². The van der Waals surface area contributed by atoms with E-state index in [2.05, 4.69) is 26.6 Å². The first-order valence-electron chi connectivity index (χ1n) is 14.5. The lowest BCUT2D eigenvalue weighted by molar-refractivity contribution is -0.119. The first-order chi connectivity index (χ1) is 20.5. The molecule has 1 saturated heterocycles. The van der Waals surface area contributed by atoms with Crippen LogP contribution in [0.4, 0.5) is 11.4 Å². The number of piperazine rings is 1. The Bertz CT molecular complexity index is 1640. The minimum absolute atomic E-state index is 0.0108. The van der Waals surface area contributed by atoms with Gasteiger partial charge in [-0.25, -0.2) is 9.79 Å². The van der Waals surface area contributed by atoms with Crippen LogP contribution in [0.25, 0.3) is 10.9 Å². The summed E-state index contributed by atoms with van der Waals surface area (Å²) < 4.78 is 26.1. The van der Waals surface area contributed by atoms with E-state index in [1.54, 1.807) is 18.0 Å². The molecule has 1 aromatic heterocycles. The quantitative estimate of drug-likeness (QED) is 0.270. The number of benzene rings is 3. The molecule has 0 aliphatic carbocycles. The van der Waals surface area contributed by atoms with E-state index in [9.17, 15) is 14.7 Å². The Morgan fingerprint density at radius 3 is 2.45 bits per heavy atom. The summed E-state index contributed by atoms with van der Waals surface area (Å²) in [4.78, 5) is 39.1. The highest BCUT2D eigenvalue weighted by atomic mass is 16.5. The lowest BCUT2D eigenvalue weighted by Crippen LogP contribution is -2.48. The molecule has 0 bridgehead atoms. The Hall–Kier alpha value is -4.47. The van der Waals surface area contributed by atoms with Crippen molar-refractivity contribution in [3.63, 3.8) is 0 Å². The highest BCUT2D eigenvalue weighted by Crippen LogP contribution is 2.32. The van der Waals surface area contributed by atoms with Crippen LogP contribution < -0.4 is 4.90 Å². The number of H-pyrrole nitrogens is 1. The van der Waals surface area contributed by atoms with Crippen LogP contribution in [0.3, 0.4) is 0 Å². The van der Waals surface area contributed by atoms with E-state index in [-0.39, 0.29) is 17.4 Å². The fourth-order valence-corrected chi connectivity index (χ4v) is 4.80. The molecular weight excluding hydrogens is 506 g/mol. The van der Waals surface area contributed by atoms with Crippen molar-refractivity contribution in [3.8, 4) is 5.88 Å². The molecule has 0 saturated carbocycles. The number of likely N-dealkylation sites (N-methyl/N-ethyl adjacent to an activating group) is 2. The van der Waals surface area contributed by atoms with Crippen molar-refractivity contribution >= 4 is 39.9 Å². The molecular formula is C31H33N5O4. The Balaban J connectivity index is 1.44. The van der Waals surface area contributed by atoms with Crippen molar-refractivity contribution in [2.75, 3.05) is 58.8 Å². The van der Waals surface area contributed by atoms with Gasteiger partial charge in [-0.1, -0.05) is 36.4 Å². The van der Waals surface area contributed by atoms with Gasteiger partial charge in [-0.3, -0.25) is 9.69 Å². The van der Waals surface area contributed by atoms with Gasteiger partial charge >= 0.3 is 5.97 Å². The third-order valence-corrected chi connectivity index (χ3v) is 7.20. The molecule has 5 rings (SSSR count). The van der Waals surface area contributed by atoms with Gasteiger partial charge in [0.25, 0.3) is 0 Å². The molecule has 40 heavy (non-hydrogen) atoms. The zero-order chi connectivity index (χ0) is 30.7. The molecule has 4 aromatic rings. The number of aliphatic imine (C=N–C) groups is 1. The van der Waals surface area contributed by atoms with Crippen LogP contribution in [-0.2, 0) is 9.53 Å². The summed E-state index contributed by atoms with van der Waals surface area (Å²) in [6, 6.07) is 21.1. The molecule has 9 heteroatoms. The topological polar surface area (TPSA) is 101 Å². The van der Waals surface area contributed by atoms with E-state index in [0.29, 0.717) is 34.4 Å². The summed E-state index contributed by atoms with van der Waals surface area (Å²) in [5, 5.41) is 11.6. The van der Waals surface area contributed by atoms with Crippen LogP contribution >= 0.6 is 0 Å². The van der Waals surface area contributed by atoms with Gasteiger partial charge in [-0.15, -0.1) is 0 Å². The van der Waals surface area contributed by atoms with Crippen molar-refractivity contribution in [2.45, 2.75) is 0 Å². The highest BCUT2D eigenvalue weighted by Gasteiger charge is 2.21. The Morgan fingerprint density at radius 1 is 1.02 bits per heavy atom. The number of aromatic nitrogens is 1. The van der Waals surface area contributed by atoms with Crippen LogP contribution in [0.1, 0.15) is 25.6 Å². The number of ether oxygens (including phenoxy) is 1. The normalized spacial score (nSPS) is 16.2. The van der Waals surface area contributed by atoms with Crippen LogP contribution in [0.2, 0.25) is 0 Å². The number of carbonyl (C=O) groups is 2. The molecule has 1 fully saturated rings. The zero-order valence-electron chi connectivity index (χ0n) is 25.4. The summed E-state index contributed by atoms with van der Waals surface area (Å²) in [6.45, 7) is 3.97. The molecule has 0 unspecified atom stereocenters. The first-order valence-corrected chi connectivity index (χ1v) is 13.0. The van der Waals surface area contributed by atoms with Crippen molar-refractivity contribution in [1.29, 1.82) is 0 Å². The van der Waals surface area contributed by atoms with Crippen molar-refractivity contribution in [2.24, 2.45) is 4.99 Å². The molecule has 206 valence electrons. The smallest absolute Gasteiger partial charge is 0.337 e. The van der Waals surface area contributed by atoms with Crippen molar-refractivity contribution < 1.29 is 23.5 Å². The van der Waals surface area contributed by atoms with E-state index in [1.165, 1.54) is 12.1 Å². The molecule has 2 heterocycles. The van der Waals surface area contributed by atoms with Crippen LogP contribution in [-0.4, -0.2) is 91.3 Å². The van der Waals surface area contributed by atoms with Crippen LogP contribution in [0, 0.1) is 0 Å². The first kappa shape index (κ1) is 23.4. The lowest BCUT2D eigenvalue weighted by Gasteiger charge is -2.32. The number of aromatic amines is 1. The second-order valence-electron chi connectivity index (χ2n) is 9.87. The number of methoxy groups -OCH3 is 1. The van der Waals surface area contributed by atoms with Crippen molar-refractivity contribution in [3.05, 3.63) is 89.5 Å². The molecule has 0 radical (unpaired) electrons. The summed E-state index contributed by atoms with van der Waals surface area (Å²) in [5.41, 5.74) is 3.42. The zero-order valence-corrected chi connectivity index (χ0v) is 22.4. The minimum Gasteiger partial charge on any atom is -0.494 e. The summed E-state index contributed by atoms with van der Waals surface area (Å²) in [7, 11) is 0.973. The Kier molecular flexibility index (Phi) is 6.87. The molecule has 1 aliphatic rings. The predicted octanol–water partition coefficient (Wildman–Crippen LogP) is 4.04. The maximum atomic E-state index is 12.9. The average molecular weight is 543 g/mol. The van der Waals surface area contributed by atoms with Gasteiger partial charge in [0, 0.05) is 55.4 Å². The molecule has 2 N–H and O–H groups in total. The van der Waals surface area contributed by atoms with Gasteiger partial charge in [0.05, 0.1) is 40.2 Å². The summed E-state index contributed by atoms with van der Waals surface area (Å²) >= 11 is 0. The number of amides is 1. The fraction of sp³-hybridized carbons (Fsp3) is 0.258. The van der Waals surface area contributed by atoms with Crippen molar-refractivity contribution in [1.82, 2.24) is 14.8 Å². The number of nitrogens with one attached hydrogen (secondary N) is 1. The molecule has 0 spiro atoms.